The number of carbonyl (C=O) groups is 1. The maximum atomic E-state index is 11.4. The molecule has 0 bridgehead atoms. The summed E-state index contributed by atoms with van der Waals surface area (Å²) in [5.74, 6) is 0.198. The van der Waals surface area contributed by atoms with Gasteiger partial charge in [0.15, 0.2) is 0 Å². The van der Waals surface area contributed by atoms with Gasteiger partial charge in [-0.05, 0) is 45.4 Å². The first-order valence-electron chi connectivity index (χ1n) is 6.98. The Morgan fingerprint density at radius 2 is 2.18 bits per heavy atom. The number of rotatable bonds is 7. The molecule has 17 heavy (non-hydrogen) atoms. The van der Waals surface area contributed by atoms with E-state index in [1.54, 1.807) is 0 Å². The summed E-state index contributed by atoms with van der Waals surface area (Å²) in [5.41, 5.74) is 0. The Hall–Kier alpha value is -0.610. The lowest BCUT2D eigenvalue weighted by molar-refractivity contribution is -0.121. The Balaban J connectivity index is 2.10. The fourth-order valence-corrected chi connectivity index (χ4v) is 2.30. The summed E-state index contributed by atoms with van der Waals surface area (Å²) in [4.78, 5) is 13.8. The summed E-state index contributed by atoms with van der Waals surface area (Å²) < 4.78 is 0. The number of nitrogens with zero attached hydrogens (tertiary/aromatic N) is 1. The van der Waals surface area contributed by atoms with Crippen LogP contribution in [-0.4, -0.2) is 49.6 Å². The van der Waals surface area contributed by atoms with Gasteiger partial charge in [-0.2, -0.15) is 0 Å². The van der Waals surface area contributed by atoms with Crippen molar-refractivity contribution in [2.45, 2.75) is 45.6 Å². The fraction of sp³-hybridized carbons (Fsp3) is 0.923. The van der Waals surface area contributed by atoms with Crippen molar-refractivity contribution in [2.75, 3.05) is 32.7 Å². The molecule has 1 rings (SSSR count). The van der Waals surface area contributed by atoms with Crippen molar-refractivity contribution in [3.05, 3.63) is 0 Å². The first-order valence-corrected chi connectivity index (χ1v) is 6.98. The monoisotopic (exact) mass is 241 g/mol. The predicted molar refractivity (Wildman–Crippen MR) is 71.1 cm³/mol. The molecule has 0 aromatic carbocycles. The number of hydrogen-bond acceptors (Lipinski definition) is 3. The van der Waals surface area contributed by atoms with Gasteiger partial charge in [0.2, 0.25) is 5.91 Å². The van der Waals surface area contributed by atoms with Crippen molar-refractivity contribution in [1.82, 2.24) is 15.5 Å². The van der Waals surface area contributed by atoms with Crippen molar-refractivity contribution < 1.29 is 4.79 Å². The molecule has 1 fully saturated rings. The van der Waals surface area contributed by atoms with E-state index in [1.807, 2.05) is 0 Å². The van der Waals surface area contributed by atoms with Crippen molar-refractivity contribution in [2.24, 2.45) is 0 Å². The Morgan fingerprint density at radius 3 is 2.88 bits per heavy atom. The van der Waals surface area contributed by atoms with Crippen molar-refractivity contribution in [3.63, 3.8) is 0 Å². The molecule has 4 nitrogen and oxygen atoms in total. The zero-order valence-electron chi connectivity index (χ0n) is 11.3. The highest BCUT2D eigenvalue weighted by atomic mass is 16.1. The van der Waals surface area contributed by atoms with Crippen LogP contribution in [0, 0.1) is 0 Å². The SMILES string of the molecule is CCN(CC)CCCNC1CCCNC(=O)C1. The van der Waals surface area contributed by atoms with E-state index in [0.717, 1.165) is 45.6 Å². The molecule has 1 amide bonds. The lowest BCUT2D eigenvalue weighted by Gasteiger charge is -2.19. The molecule has 1 atom stereocenters. The van der Waals surface area contributed by atoms with E-state index >= 15 is 0 Å². The van der Waals surface area contributed by atoms with Crippen LogP contribution in [0.4, 0.5) is 0 Å². The Morgan fingerprint density at radius 1 is 1.41 bits per heavy atom. The first kappa shape index (κ1) is 14.5. The van der Waals surface area contributed by atoms with Crippen molar-refractivity contribution in [1.29, 1.82) is 0 Å². The Kier molecular flexibility index (Phi) is 7.21. The molecular weight excluding hydrogens is 214 g/mol. The molecule has 0 aliphatic carbocycles. The Labute approximate surface area is 105 Å². The predicted octanol–water partition coefficient (Wildman–Crippen LogP) is 0.977. The summed E-state index contributed by atoms with van der Waals surface area (Å²) in [5, 5.41) is 6.42. The van der Waals surface area contributed by atoms with E-state index in [4.69, 9.17) is 0 Å². The second kappa shape index (κ2) is 8.48. The van der Waals surface area contributed by atoms with Gasteiger partial charge in [0.1, 0.15) is 0 Å². The van der Waals surface area contributed by atoms with Crippen LogP contribution in [0.5, 0.6) is 0 Å². The molecule has 2 N–H and O–H groups in total. The van der Waals surface area contributed by atoms with Crippen LogP contribution in [0.3, 0.4) is 0 Å². The van der Waals surface area contributed by atoms with Crippen LogP contribution in [0.25, 0.3) is 0 Å². The summed E-state index contributed by atoms with van der Waals surface area (Å²) >= 11 is 0. The van der Waals surface area contributed by atoms with Crippen LogP contribution in [0.1, 0.15) is 39.5 Å². The van der Waals surface area contributed by atoms with Gasteiger partial charge in [0, 0.05) is 19.0 Å². The minimum atomic E-state index is 0.198. The average molecular weight is 241 g/mol. The van der Waals surface area contributed by atoms with E-state index in [1.165, 1.54) is 6.42 Å². The number of nitrogens with one attached hydrogen (secondary N) is 2. The molecule has 0 radical (unpaired) electrons. The highest BCUT2D eigenvalue weighted by molar-refractivity contribution is 5.76. The molecule has 1 saturated heterocycles. The highest BCUT2D eigenvalue weighted by Gasteiger charge is 2.16. The standard InChI is InChI=1S/C13H27N3O/c1-3-16(4-2)10-6-9-14-12-7-5-8-15-13(17)11-12/h12,14H,3-11H2,1-2H3,(H,15,17). The van der Waals surface area contributed by atoms with E-state index in [2.05, 4.69) is 29.4 Å². The van der Waals surface area contributed by atoms with Gasteiger partial charge in [-0.15, -0.1) is 0 Å². The molecule has 1 aliphatic rings. The molecule has 0 aromatic heterocycles. The zero-order valence-corrected chi connectivity index (χ0v) is 11.3. The molecule has 4 heteroatoms. The van der Waals surface area contributed by atoms with E-state index < -0.39 is 0 Å². The average Bonchev–Trinajstić information content (AvgIpc) is 2.54. The summed E-state index contributed by atoms with van der Waals surface area (Å²) in [6.45, 7) is 9.67. The molecule has 0 spiro atoms. The minimum Gasteiger partial charge on any atom is -0.356 e. The maximum Gasteiger partial charge on any atom is 0.221 e. The third-order valence-electron chi connectivity index (χ3n) is 3.46. The van der Waals surface area contributed by atoms with Gasteiger partial charge >= 0.3 is 0 Å². The second-order valence-electron chi connectivity index (χ2n) is 4.73. The molecule has 1 aliphatic heterocycles. The third kappa shape index (κ3) is 6.03. The normalized spacial score (nSPS) is 21.4. The molecule has 0 saturated carbocycles. The van der Waals surface area contributed by atoms with Gasteiger partial charge in [-0.1, -0.05) is 13.8 Å². The smallest absolute Gasteiger partial charge is 0.221 e. The van der Waals surface area contributed by atoms with Crippen LogP contribution < -0.4 is 10.6 Å². The molecular formula is C13H27N3O. The topological polar surface area (TPSA) is 44.4 Å². The Bertz CT molecular complexity index is 217. The van der Waals surface area contributed by atoms with Gasteiger partial charge < -0.3 is 15.5 Å². The molecule has 0 aromatic rings. The summed E-state index contributed by atoms with van der Waals surface area (Å²) in [6.07, 6.45) is 4.02. The summed E-state index contributed by atoms with van der Waals surface area (Å²) in [6, 6.07) is 0.384. The summed E-state index contributed by atoms with van der Waals surface area (Å²) in [7, 11) is 0. The van der Waals surface area contributed by atoms with Crippen LogP contribution in [-0.2, 0) is 4.79 Å². The van der Waals surface area contributed by atoms with Crippen LogP contribution in [0.15, 0.2) is 0 Å². The van der Waals surface area contributed by atoms with E-state index in [0.29, 0.717) is 12.5 Å². The van der Waals surface area contributed by atoms with Crippen molar-refractivity contribution >= 4 is 5.91 Å². The van der Waals surface area contributed by atoms with Crippen LogP contribution >= 0.6 is 0 Å². The lowest BCUT2D eigenvalue weighted by atomic mass is 10.1. The minimum absolute atomic E-state index is 0.198. The lowest BCUT2D eigenvalue weighted by Crippen LogP contribution is -2.34. The highest BCUT2D eigenvalue weighted by Crippen LogP contribution is 2.05. The van der Waals surface area contributed by atoms with Gasteiger partial charge in [0.25, 0.3) is 0 Å². The zero-order chi connectivity index (χ0) is 12.5. The molecule has 100 valence electrons. The van der Waals surface area contributed by atoms with Gasteiger partial charge in [-0.25, -0.2) is 0 Å². The largest absolute Gasteiger partial charge is 0.356 e. The van der Waals surface area contributed by atoms with Crippen LogP contribution in [0.2, 0.25) is 0 Å². The quantitative estimate of drug-likeness (QED) is 0.653. The molecule has 1 heterocycles. The van der Waals surface area contributed by atoms with E-state index in [-0.39, 0.29) is 5.91 Å². The maximum absolute atomic E-state index is 11.4. The molecule has 1 unspecified atom stereocenters. The van der Waals surface area contributed by atoms with E-state index in [9.17, 15) is 4.79 Å². The van der Waals surface area contributed by atoms with Crippen molar-refractivity contribution in [3.8, 4) is 0 Å². The van der Waals surface area contributed by atoms with Gasteiger partial charge in [-0.3, -0.25) is 4.79 Å². The number of hydrogen-bond donors (Lipinski definition) is 2. The fourth-order valence-electron chi connectivity index (χ4n) is 2.30. The second-order valence-corrected chi connectivity index (χ2v) is 4.73. The first-order chi connectivity index (χ1) is 8.26. The number of carbonyl (C=O) groups excluding carboxylic acids is 1. The number of amides is 1. The van der Waals surface area contributed by atoms with Gasteiger partial charge in [0.05, 0.1) is 0 Å². The third-order valence-corrected chi connectivity index (χ3v) is 3.46.